The molecular weight excluding hydrogens is 361 g/mol. The average molecular weight is 380 g/mol. The molecule has 0 heterocycles. The van der Waals surface area contributed by atoms with Crippen molar-refractivity contribution in [2.45, 2.75) is 19.6 Å². The highest BCUT2D eigenvalue weighted by Crippen LogP contribution is 2.29. The molecule has 0 aliphatic heterocycles. The van der Waals surface area contributed by atoms with Gasteiger partial charge < -0.3 is 15.4 Å². The number of nitrogens with one attached hydrogen (secondary N) is 2. The molecular formula is C19H19F3N2O3. The molecule has 2 aromatic rings. The van der Waals surface area contributed by atoms with Crippen molar-refractivity contribution in [2.75, 3.05) is 13.2 Å². The first-order chi connectivity index (χ1) is 12.8. The molecule has 0 saturated carbocycles. The summed E-state index contributed by atoms with van der Waals surface area (Å²) in [5.41, 5.74) is -0.0989. The van der Waals surface area contributed by atoms with Crippen molar-refractivity contribution < 1.29 is 27.5 Å². The third-order valence-corrected chi connectivity index (χ3v) is 3.58. The van der Waals surface area contributed by atoms with Crippen LogP contribution in [0.1, 0.15) is 28.4 Å². The zero-order valence-electron chi connectivity index (χ0n) is 14.6. The van der Waals surface area contributed by atoms with Crippen LogP contribution in [0.4, 0.5) is 13.2 Å². The third kappa shape index (κ3) is 6.32. The second-order valence-corrected chi connectivity index (χ2v) is 5.61. The maximum Gasteiger partial charge on any atom is 0.416 e. The number of amides is 2. The summed E-state index contributed by atoms with van der Waals surface area (Å²) in [6.45, 7) is 2.00. The molecule has 0 radical (unpaired) electrons. The van der Waals surface area contributed by atoms with E-state index in [0.717, 1.165) is 12.1 Å². The Balaban J connectivity index is 1.81. The predicted octanol–water partition coefficient (Wildman–Crippen LogP) is 3.15. The molecule has 0 unspecified atom stereocenters. The van der Waals surface area contributed by atoms with Gasteiger partial charge in [-0.3, -0.25) is 9.59 Å². The summed E-state index contributed by atoms with van der Waals surface area (Å²) in [6.07, 6.45) is -4.44. The number of alkyl halides is 3. The van der Waals surface area contributed by atoms with Crippen molar-refractivity contribution in [1.29, 1.82) is 0 Å². The zero-order chi connectivity index (χ0) is 19.9. The van der Waals surface area contributed by atoms with Gasteiger partial charge in [0.05, 0.1) is 18.7 Å². The lowest BCUT2D eigenvalue weighted by molar-refractivity contribution is -0.137. The number of hydrogen-bond acceptors (Lipinski definition) is 3. The minimum atomic E-state index is -4.44. The quantitative estimate of drug-likeness (QED) is 0.776. The molecule has 0 aliphatic carbocycles. The molecule has 27 heavy (non-hydrogen) atoms. The standard InChI is InChI=1S/C19H19F3N2O3/c1-2-27-16-8-6-14(7-9-16)18(26)24-12-17(25)23-11-13-4-3-5-15(10-13)19(20,21)22/h3-10H,2,11-12H2,1H3,(H,23,25)(H,24,26). The Kier molecular flexibility index (Phi) is 6.81. The molecule has 2 amide bonds. The van der Waals surface area contributed by atoms with Gasteiger partial charge in [0.15, 0.2) is 0 Å². The van der Waals surface area contributed by atoms with E-state index in [4.69, 9.17) is 4.74 Å². The second-order valence-electron chi connectivity index (χ2n) is 5.61. The van der Waals surface area contributed by atoms with E-state index in [2.05, 4.69) is 10.6 Å². The van der Waals surface area contributed by atoms with Gasteiger partial charge in [-0.15, -0.1) is 0 Å². The van der Waals surface area contributed by atoms with Crippen molar-refractivity contribution in [3.63, 3.8) is 0 Å². The Morgan fingerprint density at radius 2 is 1.74 bits per heavy atom. The van der Waals surface area contributed by atoms with Crippen LogP contribution in [0, 0.1) is 0 Å². The van der Waals surface area contributed by atoms with Gasteiger partial charge in [-0.1, -0.05) is 12.1 Å². The fourth-order valence-corrected chi connectivity index (χ4v) is 2.25. The van der Waals surface area contributed by atoms with Crippen molar-refractivity contribution in [3.8, 4) is 5.75 Å². The fraction of sp³-hybridized carbons (Fsp3) is 0.263. The molecule has 144 valence electrons. The average Bonchev–Trinajstić information content (AvgIpc) is 2.65. The Bertz CT molecular complexity index is 790. The smallest absolute Gasteiger partial charge is 0.416 e. The van der Waals surface area contributed by atoms with Gasteiger partial charge in [0.1, 0.15) is 5.75 Å². The van der Waals surface area contributed by atoms with Crippen LogP contribution in [-0.4, -0.2) is 25.0 Å². The largest absolute Gasteiger partial charge is 0.494 e. The molecule has 2 N–H and O–H groups in total. The minimum Gasteiger partial charge on any atom is -0.494 e. The summed E-state index contributed by atoms with van der Waals surface area (Å²) in [4.78, 5) is 23.8. The van der Waals surface area contributed by atoms with Gasteiger partial charge in [0.25, 0.3) is 5.91 Å². The lowest BCUT2D eigenvalue weighted by Gasteiger charge is -2.10. The van der Waals surface area contributed by atoms with Gasteiger partial charge >= 0.3 is 6.18 Å². The van der Waals surface area contributed by atoms with Crippen LogP contribution in [0.25, 0.3) is 0 Å². The maximum atomic E-state index is 12.7. The highest BCUT2D eigenvalue weighted by molar-refractivity contribution is 5.96. The Hall–Kier alpha value is -3.03. The van der Waals surface area contributed by atoms with E-state index in [0.29, 0.717) is 23.5 Å². The lowest BCUT2D eigenvalue weighted by atomic mass is 10.1. The SMILES string of the molecule is CCOc1ccc(C(=O)NCC(=O)NCc2cccc(C(F)(F)F)c2)cc1. The van der Waals surface area contributed by atoms with E-state index >= 15 is 0 Å². The number of carbonyl (C=O) groups is 2. The van der Waals surface area contributed by atoms with Gasteiger partial charge in [-0.05, 0) is 48.9 Å². The van der Waals surface area contributed by atoms with Crippen molar-refractivity contribution in [3.05, 3.63) is 65.2 Å². The van der Waals surface area contributed by atoms with E-state index in [1.54, 1.807) is 24.3 Å². The first-order valence-electron chi connectivity index (χ1n) is 8.23. The summed E-state index contributed by atoms with van der Waals surface area (Å²) in [5.74, 6) is -0.313. The zero-order valence-corrected chi connectivity index (χ0v) is 14.6. The molecule has 0 aromatic heterocycles. The van der Waals surface area contributed by atoms with Gasteiger partial charge in [0.2, 0.25) is 5.91 Å². The molecule has 0 atom stereocenters. The molecule has 2 aromatic carbocycles. The molecule has 8 heteroatoms. The molecule has 2 rings (SSSR count). The summed E-state index contributed by atoms with van der Waals surface area (Å²) < 4.78 is 43.3. The molecule has 0 spiro atoms. The van der Waals surface area contributed by atoms with Crippen molar-refractivity contribution in [1.82, 2.24) is 10.6 Å². The summed E-state index contributed by atoms with van der Waals surface area (Å²) in [7, 11) is 0. The Labute approximate surface area is 154 Å². The molecule has 0 fully saturated rings. The van der Waals surface area contributed by atoms with E-state index in [-0.39, 0.29) is 13.1 Å². The van der Waals surface area contributed by atoms with Crippen LogP contribution in [0.15, 0.2) is 48.5 Å². The Morgan fingerprint density at radius 3 is 2.37 bits per heavy atom. The number of rotatable bonds is 7. The van der Waals surface area contributed by atoms with Crippen LogP contribution in [0.5, 0.6) is 5.75 Å². The minimum absolute atomic E-state index is 0.0678. The molecule has 0 bridgehead atoms. The molecule has 5 nitrogen and oxygen atoms in total. The van der Waals surface area contributed by atoms with Gasteiger partial charge in [-0.25, -0.2) is 0 Å². The first-order valence-corrected chi connectivity index (χ1v) is 8.23. The summed E-state index contributed by atoms with van der Waals surface area (Å²) in [5, 5.41) is 4.92. The second kappa shape index (κ2) is 9.07. The van der Waals surface area contributed by atoms with Crippen LogP contribution >= 0.6 is 0 Å². The van der Waals surface area contributed by atoms with E-state index in [9.17, 15) is 22.8 Å². The lowest BCUT2D eigenvalue weighted by Crippen LogP contribution is -2.36. The van der Waals surface area contributed by atoms with Gasteiger partial charge in [-0.2, -0.15) is 13.2 Å². The number of halogens is 3. The topological polar surface area (TPSA) is 67.4 Å². The normalized spacial score (nSPS) is 11.0. The van der Waals surface area contributed by atoms with Crippen LogP contribution in [0.2, 0.25) is 0 Å². The van der Waals surface area contributed by atoms with E-state index in [1.807, 2.05) is 6.92 Å². The maximum absolute atomic E-state index is 12.7. The van der Waals surface area contributed by atoms with Crippen LogP contribution in [-0.2, 0) is 17.5 Å². The van der Waals surface area contributed by atoms with E-state index < -0.39 is 23.6 Å². The van der Waals surface area contributed by atoms with Crippen LogP contribution < -0.4 is 15.4 Å². The summed E-state index contributed by atoms with van der Waals surface area (Å²) >= 11 is 0. The molecule has 0 saturated heterocycles. The predicted molar refractivity (Wildman–Crippen MR) is 93.2 cm³/mol. The van der Waals surface area contributed by atoms with Gasteiger partial charge in [0, 0.05) is 12.1 Å². The third-order valence-electron chi connectivity index (χ3n) is 3.58. The number of ether oxygens (including phenoxy) is 1. The fourth-order valence-electron chi connectivity index (χ4n) is 2.25. The highest BCUT2D eigenvalue weighted by atomic mass is 19.4. The summed E-state index contributed by atoms with van der Waals surface area (Å²) in [6, 6.07) is 11.1. The first kappa shape index (κ1) is 20.3. The number of hydrogen-bond donors (Lipinski definition) is 2. The molecule has 0 aliphatic rings. The monoisotopic (exact) mass is 380 g/mol. The Morgan fingerprint density at radius 1 is 1.04 bits per heavy atom. The van der Waals surface area contributed by atoms with Crippen LogP contribution in [0.3, 0.4) is 0 Å². The van der Waals surface area contributed by atoms with E-state index in [1.165, 1.54) is 12.1 Å². The van der Waals surface area contributed by atoms with Crippen molar-refractivity contribution in [2.24, 2.45) is 0 Å². The van der Waals surface area contributed by atoms with Crippen molar-refractivity contribution >= 4 is 11.8 Å². The number of carbonyl (C=O) groups excluding carboxylic acids is 2. The number of benzene rings is 2. The highest BCUT2D eigenvalue weighted by Gasteiger charge is 2.30.